The molecule has 0 radical (unpaired) electrons. The Morgan fingerprint density at radius 2 is 0.565 bits per heavy atom. The molecule has 1 aliphatic rings. The maximum absolute atomic E-state index is 9.81. The van der Waals surface area contributed by atoms with Crippen molar-refractivity contribution in [3.05, 3.63) is 350 Å². The van der Waals surface area contributed by atoms with Crippen LogP contribution in [0.25, 0.3) is 199 Å². The average molecular weight is 1530 g/mol. The lowest BCUT2D eigenvalue weighted by Crippen LogP contribution is -2.41. The molecule has 115 heavy (non-hydrogen) atoms. The summed E-state index contributed by atoms with van der Waals surface area (Å²) in [6.07, 6.45) is 0. The molecule has 16 aromatic carbocycles. The summed E-state index contributed by atoms with van der Waals surface area (Å²) in [7, 11) is -2.22. The molecule has 0 atom stereocenters. The second-order valence-corrected chi connectivity index (χ2v) is 31.1. The summed E-state index contributed by atoms with van der Waals surface area (Å²) < 4.78 is 46.3. The molecule has 5 aromatic heterocycles. The van der Waals surface area contributed by atoms with E-state index in [2.05, 4.69) is 240 Å². The number of hydrogen-bond acceptors (Lipinski definition) is 9. The zero-order chi connectivity index (χ0) is 77.8. The summed E-state index contributed by atoms with van der Waals surface area (Å²) in [5.74, 6) is 0. The number of halogens is 2. The molecule has 22 rings (SSSR count). The smallest absolute Gasteiger partial charge is 0.456 e. The molecule has 552 valence electrons. The van der Waals surface area contributed by atoms with Crippen molar-refractivity contribution in [1.29, 1.82) is 0 Å². The number of benzene rings is 16. The third kappa shape index (κ3) is 12.4. The Kier molecular flexibility index (Phi) is 17.7. The average Bonchev–Trinajstić information content (AvgIpc) is 1.56. The summed E-state index contributed by atoms with van der Waals surface area (Å²) in [6.45, 7) is 8.37. The van der Waals surface area contributed by atoms with Crippen LogP contribution in [0.1, 0.15) is 27.7 Å². The molecule has 0 saturated carbocycles. The lowest BCUT2D eigenvalue weighted by Gasteiger charge is -2.32. The minimum Gasteiger partial charge on any atom is -0.456 e. The molecule has 0 amide bonds. The van der Waals surface area contributed by atoms with E-state index in [1.165, 1.54) is 0 Å². The molecule has 9 nitrogen and oxygen atoms in total. The van der Waals surface area contributed by atoms with Gasteiger partial charge in [-0.2, -0.15) is 0 Å². The monoisotopic (exact) mass is 1530 g/mol. The topological polar surface area (TPSA) is 125 Å². The van der Waals surface area contributed by atoms with Crippen LogP contribution in [0.2, 0.25) is 10.0 Å². The molecule has 13 heteroatoms. The van der Waals surface area contributed by atoms with Gasteiger partial charge in [-0.1, -0.05) is 296 Å². The maximum atomic E-state index is 9.81. The Hall–Kier alpha value is -12.9. The number of para-hydroxylation sites is 4. The van der Waals surface area contributed by atoms with Crippen molar-refractivity contribution in [2.24, 2.45) is 0 Å². The third-order valence-corrected chi connectivity index (χ3v) is 23.5. The van der Waals surface area contributed by atoms with Crippen molar-refractivity contribution in [2.45, 2.75) is 38.9 Å². The van der Waals surface area contributed by atoms with Crippen molar-refractivity contribution in [2.75, 3.05) is 0 Å². The van der Waals surface area contributed by atoms with E-state index in [-0.39, 0.29) is 0 Å². The molecule has 6 heterocycles. The number of fused-ring (bicyclic) bond motifs is 15. The maximum Gasteiger partial charge on any atom is 0.495 e. The number of furan rings is 5. The van der Waals surface area contributed by atoms with Gasteiger partial charge in [-0.3, -0.25) is 0 Å². The zero-order valence-corrected chi connectivity index (χ0v) is 64.5. The quantitative estimate of drug-likeness (QED) is 0.129. The van der Waals surface area contributed by atoms with Crippen LogP contribution in [-0.4, -0.2) is 35.5 Å². The first-order valence-electron chi connectivity index (χ1n) is 38.4. The molecule has 0 unspecified atom stereocenters. The van der Waals surface area contributed by atoms with E-state index in [1.807, 2.05) is 115 Å². The van der Waals surface area contributed by atoms with Crippen LogP contribution in [-0.2, 0) is 9.31 Å². The van der Waals surface area contributed by atoms with Crippen molar-refractivity contribution in [3.63, 3.8) is 0 Å². The first kappa shape index (κ1) is 71.1. The molecule has 1 saturated heterocycles. The lowest BCUT2D eigenvalue weighted by molar-refractivity contribution is 0.00578. The summed E-state index contributed by atoms with van der Waals surface area (Å²) in [6, 6.07) is 115. The van der Waals surface area contributed by atoms with Crippen molar-refractivity contribution in [1.82, 2.24) is 0 Å². The fourth-order valence-corrected chi connectivity index (χ4v) is 17.0. The predicted octanol–water partition coefficient (Wildman–Crippen LogP) is 27.2. The van der Waals surface area contributed by atoms with E-state index in [4.69, 9.17) is 54.6 Å². The van der Waals surface area contributed by atoms with Gasteiger partial charge < -0.3 is 41.4 Å². The van der Waals surface area contributed by atoms with Gasteiger partial charge in [0.2, 0.25) is 0 Å². The van der Waals surface area contributed by atoms with Crippen LogP contribution in [0.3, 0.4) is 0 Å². The van der Waals surface area contributed by atoms with Crippen LogP contribution in [0.4, 0.5) is 0 Å². The molecule has 1 fully saturated rings. The number of rotatable bonds is 10. The zero-order valence-electron chi connectivity index (χ0n) is 63.0. The summed E-state index contributed by atoms with van der Waals surface area (Å²) in [4.78, 5) is 0. The van der Waals surface area contributed by atoms with Gasteiger partial charge in [0.25, 0.3) is 0 Å². The Morgan fingerprint density at radius 3 is 0.974 bits per heavy atom. The van der Waals surface area contributed by atoms with Gasteiger partial charge in [0.05, 0.1) is 21.2 Å². The van der Waals surface area contributed by atoms with Crippen LogP contribution in [0.15, 0.2) is 362 Å². The molecular weight excluding hydrogens is 1460 g/mol. The van der Waals surface area contributed by atoms with Gasteiger partial charge in [-0.15, -0.1) is 0 Å². The molecule has 0 bridgehead atoms. The highest BCUT2D eigenvalue weighted by atomic mass is 35.5. The lowest BCUT2D eigenvalue weighted by atomic mass is 9.75. The molecule has 1 aliphatic heterocycles. The highest BCUT2D eigenvalue weighted by molar-refractivity contribution is 6.66. The van der Waals surface area contributed by atoms with Crippen LogP contribution < -0.4 is 10.9 Å². The summed E-state index contributed by atoms with van der Waals surface area (Å²) in [5.41, 5.74) is 24.6. The Bertz CT molecular complexity index is 7320. The van der Waals surface area contributed by atoms with E-state index >= 15 is 0 Å². The van der Waals surface area contributed by atoms with Crippen LogP contribution in [0, 0.1) is 0 Å². The van der Waals surface area contributed by atoms with Crippen LogP contribution >= 0.6 is 23.2 Å². The fourth-order valence-electron chi connectivity index (χ4n) is 16.5. The molecule has 0 aliphatic carbocycles. The van der Waals surface area contributed by atoms with Crippen molar-refractivity contribution < 1.29 is 41.4 Å². The van der Waals surface area contributed by atoms with E-state index in [0.717, 1.165) is 188 Å². The molecule has 0 spiro atoms. The van der Waals surface area contributed by atoms with Gasteiger partial charge in [0, 0.05) is 98.3 Å². The highest BCUT2D eigenvalue weighted by Gasteiger charge is 2.52. The molecular formula is C102H70B2Cl2O9. The van der Waals surface area contributed by atoms with Gasteiger partial charge >= 0.3 is 14.2 Å². The van der Waals surface area contributed by atoms with Gasteiger partial charge in [-0.25, -0.2) is 0 Å². The number of hydrogen-bond donors (Lipinski definition) is 2. The van der Waals surface area contributed by atoms with E-state index in [0.29, 0.717) is 32.1 Å². The van der Waals surface area contributed by atoms with Crippen LogP contribution in [0.5, 0.6) is 0 Å². The van der Waals surface area contributed by atoms with E-state index < -0.39 is 25.4 Å². The third-order valence-electron chi connectivity index (χ3n) is 22.9. The van der Waals surface area contributed by atoms with Crippen molar-refractivity contribution in [3.8, 4) is 89.0 Å². The minimum atomic E-state index is -1.65. The molecule has 2 N–H and O–H groups in total. The normalized spacial score (nSPS) is 13.3. The Balaban J connectivity index is 0.000000115. The highest BCUT2D eigenvalue weighted by Crippen LogP contribution is 2.50. The van der Waals surface area contributed by atoms with Gasteiger partial charge in [0.1, 0.15) is 55.8 Å². The largest absolute Gasteiger partial charge is 0.495 e. The van der Waals surface area contributed by atoms with Gasteiger partial charge in [0.15, 0.2) is 0 Å². The first-order valence-corrected chi connectivity index (χ1v) is 39.2. The second-order valence-electron chi connectivity index (χ2n) is 30.3. The fraction of sp³-hybridized carbons (Fsp3) is 0.0588. The Morgan fingerprint density at radius 1 is 0.252 bits per heavy atom. The first-order chi connectivity index (χ1) is 56.2. The van der Waals surface area contributed by atoms with E-state index in [9.17, 15) is 10.0 Å². The second kappa shape index (κ2) is 28.6. The van der Waals surface area contributed by atoms with Crippen molar-refractivity contribution >= 4 is 158 Å². The molecule has 21 aromatic rings. The van der Waals surface area contributed by atoms with Gasteiger partial charge in [-0.05, 0) is 150 Å². The SMILES string of the molecule is CC1(C)OB(c2ccc(-c3cccc4c3oc3ccccc34)c3oc4c(-c5ccccc5)cc(-c5ccccc5)cc4c23)OC1(C)C.Clc1ccc(-c2cccc3c2oc2ccccc23)c2oc3c(-c4ccccc4)cc(-c4ccccc4)cc3c12.OB(O)c1ccc(Cl)c2c1oc1c(-c3ccccc3)cc(-c3ccccc3)cc12. The standard InChI is InChI=1S/C42H33BO4.C36H21ClO2.C24H16BClO3/c1-41(2)42(3,4)47-43(46-41)35-23-22-32(31-20-13-19-30-29-18-11-12-21-36(29)44-38(30)31)40-37(35)34-25-28(26-14-7-5-8-15-26)24-33(39(34)45-40)27-16-9-6-10-17-27;37-31-19-18-28(27-16-9-15-26-25-14-7-8-17-32(25)38-34(26)27)36-33(31)30-21-24(22-10-3-1-4-11-22)20-29(35(30)39-36)23-12-5-2-6-13-23;26-21-12-11-20(25(27)28)24-22(21)19-14-17(15-7-3-1-4-8-15)13-18(23(19)29-24)16-9-5-2-6-10-16/h5-25H,1-4H3;1-21H;1-14,27-28H. The Labute approximate surface area is 672 Å². The minimum absolute atomic E-state index is 0.292. The van der Waals surface area contributed by atoms with E-state index in [1.54, 1.807) is 12.1 Å². The summed E-state index contributed by atoms with van der Waals surface area (Å²) >= 11 is 13.5. The predicted molar refractivity (Wildman–Crippen MR) is 475 cm³/mol. The summed E-state index contributed by atoms with van der Waals surface area (Å²) in [5, 5.41) is 30.6.